The second kappa shape index (κ2) is 7.07. The van der Waals surface area contributed by atoms with Crippen LogP contribution in [0.5, 0.6) is 0 Å². The Hall–Kier alpha value is -1.66. The number of hydrogen-bond donors (Lipinski definition) is 1. The van der Waals surface area contributed by atoms with E-state index in [2.05, 4.69) is 21.0 Å². The monoisotopic (exact) mass is 365 g/mol. The van der Waals surface area contributed by atoms with Gasteiger partial charge < -0.3 is 5.11 Å². The number of carboxylic acids is 1. The van der Waals surface area contributed by atoms with Gasteiger partial charge in [-0.2, -0.15) is 5.10 Å². The fraction of sp³-hybridized carbons (Fsp3) is 0.375. The molecule has 1 aromatic heterocycles. The number of halogens is 1. The molecule has 0 bridgehead atoms. The molecule has 2 rings (SSSR count). The van der Waals surface area contributed by atoms with Crippen LogP contribution in [-0.4, -0.2) is 38.8 Å². The van der Waals surface area contributed by atoms with E-state index in [0.717, 1.165) is 21.4 Å². The highest BCUT2D eigenvalue weighted by Gasteiger charge is 2.15. The third-order valence-electron chi connectivity index (χ3n) is 3.73. The van der Waals surface area contributed by atoms with E-state index in [1.807, 2.05) is 60.9 Å². The van der Waals surface area contributed by atoms with E-state index in [1.165, 1.54) is 0 Å². The van der Waals surface area contributed by atoms with Crippen molar-refractivity contribution in [2.45, 2.75) is 32.9 Å². The zero-order valence-corrected chi connectivity index (χ0v) is 14.5. The van der Waals surface area contributed by atoms with Crippen LogP contribution in [0.3, 0.4) is 0 Å². The summed E-state index contributed by atoms with van der Waals surface area (Å²) in [6.45, 7) is 4.57. The topological polar surface area (TPSA) is 58.4 Å². The summed E-state index contributed by atoms with van der Waals surface area (Å²) in [6, 6.07) is 7.93. The first kappa shape index (κ1) is 16.7. The van der Waals surface area contributed by atoms with Crippen LogP contribution < -0.4 is 0 Å². The zero-order chi connectivity index (χ0) is 16.3. The highest BCUT2D eigenvalue weighted by Crippen LogP contribution is 2.17. The van der Waals surface area contributed by atoms with Gasteiger partial charge in [-0.15, -0.1) is 0 Å². The Balaban J connectivity index is 2.13. The van der Waals surface area contributed by atoms with Crippen molar-refractivity contribution in [1.82, 2.24) is 14.7 Å². The normalized spacial score (nSPS) is 12.6. The van der Waals surface area contributed by atoms with Crippen molar-refractivity contribution in [3.8, 4) is 5.69 Å². The fourth-order valence-electron chi connectivity index (χ4n) is 2.21. The Bertz CT molecular complexity index is 652. The second-order valence-corrected chi connectivity index (χ2v) is 6.44. The molecule has 1 heterocycles. The van der Waals surface area contributed by atoms with E-state index in [4.69, 9.17) is 5.11 Å². The number of rotatable bonds is 6. The van der Waals surface area contributed by atoms with Crippen molar-refractivity contribution in [1.29, 1.82) is 0 Å². The molecule has 118 valence electrons. The first-order valence-electron chi connectivity index (χ1n) is 7.10. The van der Waals surface area contributed by atoms with Crippen LogP contribution in [0, 0.1) is 6.92 Å². The van der Waals surface area contributed by atoms with Gasteiger partial charge in [-0.25, -0.2) is 4.68 Å². The van der Waals surface area contributed by atoms with Gasteiger partial charge in [-0.05, 0) is 45.2 Å². The van der Waals surface area contributed by atoms with Crippen molar-refractivity contribution < 1.29 is 9.90 Å². The Labute approximate surface area is 138 Å². The van der Waals surface area contributed by atoms with Crippen LogP contribution in [0.15, 0.2) is 34.9 Å². The number of benzene rings is 1. The van der Waals surface area contributed by atoms with E-state index >= 15 is 0 Å². The molecule has 0 amide bonds. The summed E-state index contributed by atoms with van der Waals surface area (Å²) < 4.78 is 2.88. The predicted octanol–water partition coefficient (Wildman–Crippen LogP) is 3.24. The highest BCUT2D eigenvalue weighted by molar-refractivity contribution is 9.10. The summed E-state index contributed by atoms with van der Waals surface area (Å²) in [7, 11) is 1.93. The van der Waals surface area contributed by atoms with Gasteiger partial charge in [-0.1, -0.05) is 15.9 Å². The van der Waals surface area contributed by atoms with Gasteiger partial charge in [0, 0.05) is 28.8 Å². The lowest BCUT2D eigenvalue weighted by Crippen LogP contribution is -2.30. The number of aryl methyl sites for hydroxylation is 1. The number of carbonyl (C=O) groups is 1. The molecule has 2 aromatic rings. The molecule has 0 aliphatic carbocycles. The summed E-state index contributed by atoms with van der Waals surface area (Å²) >= 11 is 3.42. The van der Waals surface area contributed by atoms with Crippen molar-refractivity contribution in [2.75, 3.05) is 7.05 Å². The summed E-state index contributed by atoms with van der Waals surface area (Å²) in [6.07, 6.45) is 2.14. The average Bonchev–Trinajstić information content (AvgIpc) is 2.80. The first-order chi connectivity index (χ1) is 10.4. The smallest absolute Gasteiger partial charge is 0.304 e. The predicted molar refractivity (Wildman–Crippen MR) is 89.2 cm³/mol. The van der Waals surface area contributed by atoms with E-state index in [9.17, 15) is 4.79 Å². The van der Waals surface area contributed by atoms with Crippen LogP contribution in [-0.2, 0) is 11.3 Å². The standard InChI is InChI=1S/C16H20BrN3O2/c1-11(8-16(21)22)19(3)9-13-10-20(18-12(13)2)15-6-4-14(17)5-7-15/h4-7,10-11H,8-9H2,1-3H3,(H,21,22)/t11-/m1/s1. The Morgan fingerprint density at radius 3 is 2.64 bits per heavy atom. The van der Waals surface area contributed by atoms with Crippen LogP contribution in [0.1, 0.15) is 24.6 Å². The molecule has 0 fully saturated rings. The molecule has 0 aliphatic rings. The summed E-state index contributed by atoms with van der Waals surface area (Å²) in [4.78, 5) is 12.8. The minimum absolute atomic E-state index is 0.0204. The number of hydrogen-bond acceptors (Lipinski definition) is 3. The third-order valence-corrected chi connectivity index (χ3v) is 4.26. The molecule has 0 saturated carbocycles. The van der Waals surface area contributed by atoms with E-state index in [1.54, 1.807) is 0 Å². The van der Waals surface area contributed by atoms with Crippen molar-refractivity contribution in [3.05, 3.63) is 46.2 Å². The molecule has 0 saturated heterocycles. The second-order valence-electron chi connectivity index (χ2n) is 5.52. The summed E-state index contributed by atoms with van der Waals surface area (Å²) in [5, 5.41) is 13.4. The average molecular weight is 366 g/mol. The lowest BCUT2D eigenvalue weighted by atomic mass is 10.2. The summed E-state index contributed by atoms with van der Waals surface area (Å²) in [5.41, 5.74) is 3.05. The molecule has 1 atom stereocenters. The molecule has 0 spiro atoms. The lowest BCUT2D eigenvalue weighted by Gasteiger charge is -2.22. The van der Waals surface area contributed by atoms with E-state index in [-0.39, 0.29) is 12.5 Å². The highest BCUT2D eigenvalue weighted by atomic mass is 79.9. The molecular weight excluding hydrogens is 346 g/mol. The number of aliphatic carboxylic acids is 1. The van der Waals surface area contributed by atoms with E-state index in [0.29, 0.717) is 6.54 Å². The molecular formula is C16H20BrN3O2. The number of carboxylic acid groups (broad SMARTS) is 1. The molecule has 1 N–H and O–H groups in total. The number of aromatic nitrogens is 2. The fourth-order valence-corrected chi connectivity index (χ4v) is 2.47. The molecule has 0 radical (unpaired) electrons. The maximum Gasteiger partial charge on any atom is 0.304 e. The maximum atomic E-state index is 10.8. The Kier molecular flexibility index (Phi) is 5.37. The van der Waals surface area contributed by atoms with Gasteiger partial charge in [0.2, 0.25) is 0 Å². The Morgan fingerprint density at radius 2 is 2.05 bits per heavy atom. The largest absolute Gasteiger partial charge is 0.481 e. The Morgan fingerprint density at radius 1 is 1.41 bits per heavy atom. The minimum atomic E-state index is -0.776. The van der Waals surface area contributed by atoms with Crippen LogP contribution >= 0.6 is 15.9 Å². The van der Waals surface area contributed by atoms with Crippen molar-refractivity contribution >= 4 is 21.9 Å². The minimum Gasteiger partial charge on any atom is -0.481 e. The number of nitrogens with zero attached hydrogens (tertiary/aromatic N) is 3. The van der Waals surface area contributed by atoms with Gasteiger partial charge in [-0.3, -0.25) is 9.69 Å². The van der Waals surface area contributed by atoms with Gasteiger partial charge in [0.15, 0.2) is 0 Å². The van der Waals surface area contributed by atoms with Crippen LogP contribution in [0.2, 0.25) is 0 Å². The van der Waals surface area contributed by atoms with Crippen molar-refractivity contribution in [2.24, 2.45) is 0 Å². The maximum absolute atomic E-state index is 10.8. The molecule has 1 aromatic carbocycles. The van der Waals surface area contributed by atoms with Gasteiger partial charge >= 0.3 is 5.97 Å². The van der Waals surface area contributed by atoms with Gasteiger partial charge in [0.1, 0.15) is 0 Å². The SMILES string of the molecule is Cc1nn(-c2ccc(Br)cc2)cc1CN(C)[C@H](C)CC(=O)O. The van der Waals surface area contributed by atoms with Gasteiger partial charge in [0.25, 0.3) is 0 Å². The van der Waals surface area contributed by atoms with Gasteiger partial charge in [0.05, 0.1) is 17.8 Å². The zero-order valence-electron chi connectivity index (χ0n) is 13.0. The first-order valence-corrected chi connectivity index (χ1v) is 7.89. The van der Waals surface area contributed by atoms with Crippen LogP contribution in [0.4, 0.5) is 0 Å². The molecule has 22 heavy (non-hydrogen) atoms. The third kappa shape index (κ3) is 4.18. The molecule has 5 nitrogen and oxygen atoms in total. The quantitative estimate of drug-likeness (QED) is 0.853. The van der Waals surface area contributed by atoms with E-state index < -0.39 is 5.97 Å². The van der Waals surface area contributed by atoms with Crippen molar-refractivity contribution in [3.63, 3.8) is 0 Å². The van der Waals surface area contributed by atoms with Crippen LogP contribution in [0.25, 0.3) is 5.69 Å². The lowest BCUT2D eigenvalue weighted by molar-refractivity contribution is -0.138. The molecule has 0 aliphatic heterocycles. The summed E-state index contributed by atoms with van der Waals surface area (Å²) in [5.74, 6) is -0.776. The molecule has 0 unspecified atom stereocenters. The molecule has 6 heteroatoms.